The molecule has 1 atom stereocenters. The fraction of sp³-hybridized carbons (Fsp3) is 0.286. The first-order chi connectivity index (χ1) is 16.6. The van der Waals surface area contributed by atoms with Crippen LogP contribution in [0.1, 0.15) is 28.9 Å². The van der Waals surface area contributed by atoms with Gasteiger partial charge in [-0.1, -0.05) is 22.9 Å². The van der Waals surface area contributed by atoms with E-state index in [1.54, 1.807) is 0 Å². The smallest absolute Gasteiger partial charge is 0.416 e. The molecule has 0 saturated heterocycles. The molecular weight excluding hydrogens is 498 g/mol. The van der Waals surface area contributed by atoms with Crippen molar-refractivity contribution in [3.63, 3.8) is 0 Å². The van der Waals surface area contributed by atoms with Crippen molar-refractivity contribution in [1.29, 1.82) is 0 Å². The minimum absolute atomic E-state index is 0.0462. The number of hydrogen-bond acceptors (Lipinski definition) is 7. The predicted octanol–water partition coefficient (Wildman–Crippen LogP) is 3.57. The second-order valence-corrected chi connectivity index (χ2v) is 7.88. The van der Waals surface area contributed by atoms with Crippen molar-refractivity contribution in [3.8, 4) is 5.75 Å². The monoisotopic (exact) mass is 513 g/mol. The summed E-state index contributed by atoms with van der Waals surface area (Å²) in [7, 11) is 1.24. The first-order valence-corrected chi connectivity index (χ1v) is 10.4. The number of tetrazole rings is 1. The van der Waals surface area contributed by atoms with Gasteiger partial charge in [0.2, 0.25) is 5.67 Å². The standard InChI is InChI=1S/C21H16ClF4N5O4/c1-34-16-5-3-12(22)9-14(16)20(23)13-4-2-11(21(24,25)26)8-15(13)31(19(20)33)10-35-18(32)7-6-17-27-29-30-28-17/h2-5,8-9H,6-7,10H2,1H3,(H,27,28,29,30). The lowest BCUT2D eigenvalue weighted by Crippen LogP contribution is -2.40. The molecule has 2 heterocycles. The fourth-order valence-electron chi connectivity index (χ4n) is 3.68. The summed E-state index contributed by atoms with van der Waals surface area (Å²) < 4.78 is 67.0. The van der Waals surface area contributed by atoms with E-state index in [2.05, 4.69) is 20.6 Å². The number of H-pyrrole nitrogens is 1. The van der Waals surface area contributed by atoms with Crippen molar-refractivity contribution in [2.45, 2.75) is 24.7 Å². The molecule has 1 amide bonds. The van der Waals surface area contributed by atoms with Gasteiger partial charge in [-0.05, 0) is 30.3 Å². The van der Waals surface area contributed by atoms with Crippen molar-refractivity contribution >= 4 is 29.2 Å². The molecule has 0 fully saturated rings. The highest BCUT2D eigenvalue weighted by Crippen LogP contribution is 2.51. The molecule has 1 aromatic heterocycles. The van der Waals surface area contributed by atoms with Gasteiger partial charge in [0, 0.05) is 22.6 Å². The third-order valence-electron chi connectivity index (χ3n) is 5.36. The van der Waals surface area contributed by atoms with Gasteiger partial charge in [0.15, 0.2) is 12.6 Å². The van der Waals surface area contributed by atoms with Crippen LogP contribution in [0.3, 0.4) is 0 Å². The van der Waals surface area contributed by atoms with E-state index < -0.39 is 41.7 Å². The predicted molar refractivity (Wildman–Crippen MR) is 112 cm³/mol. The van der Waals surface area contributed by atoms with Crippen molar-refractivity contribution < 1.29 is 36.6 Å². The molecule has 14 heteroatoms. The summed E-state index contributed by atoms with van der Waals surface area (Å²) in [6, 6.07) is 6.05. The Kier molecular flexibility index (Phi) is 6.36. The lowest BCUT2D eigenvalue weighted by atomic mass is 9.88. The number of aromatic nitrogens is 4. The van der Waals surface area contributed by atoms with Gasteiger partial charge in [0.25, 0.3) is 5.91 Å². The Balaban J connectivity index is 1.70. The molecule has 1 aliphatic heterocycles. The number of aryl methyl sites for hydroxylation is 1. The average molecular weight is 514 g/mol. The average Bonchev–Trinajstić information content (AvgIpc) is 3.41. The van der Waals surface area contributed by atoms with E-state index >= 15 is 4.39 Å². The van der Waals surface area contributed by atoms with E-state index in [0.29, 0.717) is 17.0 Å². The maximum Gasteiger partial charge on any atom is 0.416 e. The minimum Gasteiger partial charge on any atom is -0.496 e. The van der Waals surface area contributed by atoms with E-state index in [-0.39, 0.29) is 40.6 Å². The number of amides is 1. The van der Waals surface area contributed by atoms with Crippen LogP contribution >= 0.6 is 11.6 Å². The van der Waals surface area contributed by atoms with Crippen molar-refractivity contribution in [2.75, 3.05) is 18.7 Å². The summed E-state index contributed by atoms with van der Waals surface area (Å²) >= 11 is 6.01. The lowest BCUT2D eigenvalue weighted by Gasteiger charge is -2.23. The van der Waals surface area contributed by atoms with Crippen LogP contribution in [0.5, 0.6) is 5.75 Å². The van der Waals surface area contributed by atoms with E-state index in [4.69, 9.17) is 21.1 Å². The Bertz CT molecular complexity index is 1270. The number of benzene rings is 2. The van der Waals surface area contributed by atoms with Gasteiger partial charge >= 0.3 is 12.1 Å². The molecule has 2 aromatic carbocycles. The Morgan fingerprint density at radius 3 is 2.63 bits per heavy atom. The van der Waals surface area contributed by atoms with Gasteiger partial charge in [-0.25, -0.2) is 4.39 Å². The zero-order valence-corrected chi connectivity index (χ0v) is 18.7. The SMILES string of the molecule is COc1ccc(Cl)cc1C1(F)C(=O)N(COC(=O)CCc2nn[nH]n2)c2cc(C(F)(F)F)ccc21. The Labute approximate surface area is 200 Å². The van der Waals surface area contributed by atoms with Gasteiger partial charge in [0.1, 0.15) is 5.75 Å². The summed E-state index contributed by atoms with van der Waals surface area (Å²) in [4.78, 5) is 26.1. The summed E-state index contributed by atoms with van der Waals surface area (Å²) in [6.07, 6.45) is -4.91. The number of hydrogen-bond donors (Lipinski definition) is 1. The number of nitrogens with one attached hydrogen (secondary N) is 1. The normalized spacial score (nSPS) is 17.4. The largest absolute Gasteiger partial charge is 0.496 e. The third kappa shape index (κ3) is 4.50. The second kappa shape index (κ2) is 9.13. The summed E-state index contributed by atoms with van der Waals surface area (Å²) in [5.74, 6) is -1.89. The zero-order chi connectivity index (χ0) is 25.4. The van der Waals surface area contributed by atoms with Crippen LogP contribution in [0.2, 0.25) is 5.02 Å². The maximum atomic E-state index is 16.6. The molecule has 0 saturated carbocycles. The van der Waals surface area contributed by atoms with Crippen LogP contribution in [0.15, 0.2) is 36.4 Å². The molecule has 1 unspecified atom stereocenters. The summed E-state index contributed by atoms with van der Waals surface area (Å²) in [6.45, 7) is -0.827. The highest BCUT2D eigenvalue weighted by atomic mass is 35.5. The van der Waals surface area contributed by atoms with Crippen LogP contribution in [0.25, 0.3) is 0 Å². The Morgan fingerprint density at radius 1 is 1.20 bits per heavy atom. The van der Waals surface area contributed by atoms with Gasteiger partial charge in [0.05, 0.1) is 24.8 Å². The molecule has 9 nitrogen and oxygen atoms in total. The van der Waals surface area contributed by atoms with Crippen LogP contribution < -0.4 is 9.64 Å². The summed E-state index contributed by atoms with van der Waals surface area (Å²) in [5, 5.41) is 13.0. The Morgan fingerprint density at radius 2 is 1.97 bits per heavy atom. The number of aromatic amines is 1. The van der Waals surface area contributed by atoms with Gasteiger partial charge in [-0.15, -0.1) is 10.2 Å². The zero-order valence-electron chi connectivity index (χ0n) is 17.9. The lowest BCUT2D eigenvalue weighted by molar-refractivity contribution is -0.144. The number of esters is 1. The number of alkyl halides is 4. The van der Waals surface area contributed by atoms with Crippen LogP contribution in [0, 0.1) is 0 Å². The molecule has 1 N–H and O–H groups in total. The molecule has 4 rings (SSSR count). The topological polar surface area (TPSA) is 110 Å². The van der Waals surface area contributed by atoms with Crippen molar-refractivity contribution in [1.82, 2.24) is 20.6 Å². The fourth-order valence-corrected chi connectivity index (χ4v) is 3.85. The van der Waals surface area contributed by atoms with E-state index in [1.807, 2.05) is 0 Å². The van der Waals surface area contributed by atoms with Crippen LogP contribution in [-0.2, 0) is 32.6 Å². The molecule has 0 spiro atoms. The van der Waals surface area contributed by atoms with Gasteiger partial charge < -0.3 is 9.47 Å². The second-order valence-electron chi connectivity index (χ2n) is 7.44. The first kappa shape index (κ1) is 24.4. The van der Waals surface area contributed by atoms with Gasteiger partial charge in [-0.3, -0.25) is 14.5 Å². The molecule has 35 heavy (non-hydrogen) atoms. The first-order valence-electron chi connectivity index (χ1n) is 10.00. The highest BCUT2D eigenvalue weighted by molar-refractivity contribution is 6.30. The molecule has 0 aliphatic carbocycles. The maximum absolute atomic E-state index is 16.6. The molecule has 0 radical (unpaired) electrons. The molecule has 0 bridgehead atoms. The molecule has 1 aliphatic rings. The van der Waals surface area contributed by atoms with Gasteiger partial charge in [-0.2, -0.15) is 18.4 Å². The number of carbonyl (C=O) groups is 2. The molecule has 3 aromatic rings. The number of carbonyl (C=O) groups excluding carboxylic acids is 2. The van der Waals surface area contributed by atoms with E-state index in [9.17, 15) is 22.8 Å². The van der Waals surface area contributed by atoms with Crippen molar-refractivity contribution in [3.05, 3.63) is 63.9 Å². The number of rotatable bonds is 7. The number of nitrogens with zero attached hydrogens (tertiary/aromatic N) is 4. The number of ether oxygens (including phenoxy) is 2. The molecule has 184 valence electrons. The third-order valence-corrected chi connectivity index (χ3v) is 5.59. The number of fused-ring (bicyclic) bond motifs is 1. The quantitative estimate of drug-likeness (QED) is 0.380. The minimum atomic E-state index is -4.76. The molecular formula is C21H16ClF4N5O4. The Hall–Kier alpha value is -3.74. The highest BCUT2D eigenvalue weighted by Gasteiger charge is 2.55. The van der Waals surface area contributed by atoms with E-state index in [0.717, 1.165) is 12.1 Å². The van der Waals surface area contributed by atoms with Crippen LogP contribution in [0.4, 0.5) is 23.2 Å². The number of halogens is 5. The summed E-state index contributed by atoms with van der Waals surface area (Å²) in [5.41, 5.74) is -5.14. The van der Waals surface area contributed by atoms with E-state index in [1.165, 1.54) is 19.2 Å². The van der Waals surface area contributed by atoms with Crippen LogP contribution in [-0.4, -0.2) is 46.3 Å². The number of anilines is 1. The number of methoxy groups -OCH3 is 1. The van der Waals surface area contributed by atoms with Crippen molar-refractivity contribution in [2.24, 2.45) is 0 Å².